The van der Waals surface area contributed by atoms with Crippen LogP contribution < -0.4 is 5.32 Å². The molecule has 3 heterocycles. The number of aliphatic hydroxyl groups is 1. The van der Waals surface area contributed by atoms with Gasteiger partial charge in [-0.3, -0.25) is 5.32 Å². The number of alkyl halides is 6. The molecule has 1 aliphatic rings. The predicted molar refractivity (Wildman–Crippen MR) is 160 cm³/mol. The summed E-state index contributed by atoms with van der Waals surface area (Å²) in [5, 5.41) is 23.6. The number of nitrogens with zero attached hydrogens (tertiary/aromatic N) is 4. The fourth-order valence-corrected chi connectivity index (χ4v) is 3.90. The van der Waals surface area contributed by atoms with Gasteiger partial charge in [0.05, 0.1) is 11.3 Å². The van der Waals surface area contributed by atoms with Gasteiger partial charge < -0.3 is 19.1 Å². The van der Waals surface area contributed by atoms with Crippen molar-refractivity contribution in [1.29, 1.82) is 0 Å². The number of ether oxygens (including phenoxy) is 1. The van der Waals surface area contributed by atoms with Crippen molar-refractivity contribution in [3.05, 3.63) is 23.2 Å². The van der Waals surface area contributed by atoms with Gasteiger partial charge in [0.15, 0.2) is 5.69 Å². The Morgan fingerprint density at radius 1 is 0.913 bits per heavy atom. The Bertz CT molecular complexity index is 1310. The van der Waals surface area contributed by atoms with Crippen molar-refractivity contribution < 1.29 is 50.2 Å². The molecule has 2 aromatic heterocycles. The summed E-state index contributed by atoms with van der Waals surface area (Å²) in [7, 11) is 0. The zero-order valence-corrected chi connectivity index (χ0v) is 28.0. The van der Waals surface area contributed by atoms with Gasteiger partial charge in [-0.25, -0.2) is 9.78 Å². The van der Waals surface area contributed by atoms with Crippen molar-refractivity contribution in [2.24, 2.45) is 5.16 Å². The van der Waals surface area contributed by atoms with Gasteiger partial charge in [0.25, 0.3) is 11.8 Å². The molecule has 4 bridgehead atoms. The van der Waals surface area contributed by atoms with Crippen molar-refractivity contribution in [2.75, 3.05) is 5.32 Å². The second-order valence-corrected chi connectivity index (χ2v) is 11.8. The molecule has 10 nitrogen and oxygen atoms in total. The van der Waals surface area contributed by atoms with Crippen LogP contribution in [0.4, 0.5) is 36.8 Å². The highest BCUT2D eigenvalue weighted by molar-refractivity contribution is 6.01. The Balaban J connectivity index is 0.00000254. The van der Waals surface area contributed by atoms with Gasteiger partial charge in [-0.05, 0) is 73.3 Å². The molecule has 0 saturated heterocycles. The van der Waals surface area contributed by atoms with E-state index in [1.807, 2.05) is 27.7 Å². The monoisotopic (exact) mass is 669 g/mol. The average Bonchev–Trinajstić information content (AvgIpc) is 3.42. The quantitative estimate of drug-likeness (QED) is 0.239. The predicted octanol–water partition coefficient (Wildman–Crippen LogP) is 9.17. The van der Waals surface area contributed by atoms with Crippen LogP contribution in [0.25, 0.3) is 11.6 Å². The van der Waals surface area contributed by atoms with Crippen LogP contribution in [0.15, 0.2) is 15.6 Å². The second-order valence-electron chi connectivity index (χ2n) is 11.8. The molecule has 0 aromatic carbocycles. The maximum atomic E-state index is 14.4. The Morgan fingerprint density at radius 2 is 1.50 bits per heavy atom. The number of pyridine rings is 1. The van der Waals surface area contributed by atoms with Gasteiger partial charge in [-0.2, -0.15) is 26.3 Å². The summed E-state index contributed by atoms with van der Waals surface area (Å²) in [4.78, 5) is 22.0. The van der Waals surface area contributed by atoms with Gasteiger partial charge in [0.1, 0.15) is 22.6 Å². The number of hydrogen-bond acceptors (Lipinski definition) is 9. The topological polar surface area (TPSA) is 132 Å². The fraction of sp³-hybridized carbons (Fsp3) is 0.700. The molecule has 0 spiro atoms. The van der Waals surface area contributed by atoms with Crippen LogP contribution in [0.3, 0.4) is 0 Å². The van der Waals surface area contributed by atoms with Crippen LogP contribution in [0.5, 0.6) is 0 Å². The first-order chi connectivity index (χ1) is 21.1. The van der Waals surface area contributed by atoms with Crippen LogP contribution in [0.2, 0.25) is 0 Å². The van der Waals surface area contributed by atoms with Crippen LogP contribution in [-0.4, -0.2) is 49.5 Å². The molecule has 0 saturated carbocycles. The SMILES string of the molecule is CC.CC.CC(C)(C)O/N=C1\CCCCCCC(O)(C(F)(F)F)c2nnc(o2)-c2nc1c(C(F)(F)F)cc2NC(=O)OC(C)(C)C. The van der Waals surface area contributed by atoms with Crippen molar-refractivity contribution in [2.45, 2.75) is 137 Å². The van der Waals surface area contributed by atoms with E-state index in [1.165, 1.54) is 20.8 Å². The lowest BCUT2D eigenvalue weighted by Gasteiger charge is -2.27. The molecule has 3 rings (SSSR count). The first kappa shape index (κ1) is 40.6. The van der Waals surface area contributed by atoms with E-state index < -0.39 is 76.1 Å². The van der Waals surface area contributed by atoms with E-state index in [-0.39, 0.29) is 31.4 Å². The molecule has 2 aromatic rings. The van der Waals surface area contributed by atoms with Gasteiger partial charge in [-0.15, -0.1) is 10.2 Å². The summed E-state index contributed by atoms with van der Waals surface area (Å²) in [5.74, 6) is -2.01. The summed E-state index contributed by atoms with van der Waals surface area (Å²) in [6, 6.07) is 0.528. The Kier molecular flexibility index (Phi) is 14.0. The summed E-state index contributed by atoms with van der Waals surface area (Å²) >= 11 is 0. The second kappa shape index (κ2) is 15.9. The number of aromatic nitrogens is 3. The lowest BCUT2D eigenvalue weighted by Crippen LogP contribution is -2.42. The molecule has 16 heteroatoms. The Hall–Kier alpha value is -3.43. The first-order valence-corrected chi connectivity index (χ1v) is 15.1. The third kappa shape index (κ3) is 11.1. The van der Waals surface area contributed by atoms with Gasteiger partial charge in [0.2, 0.25) is 5.60 Å². The normalized spacial score (nSPS) is 18.7. The van der Waals surface area contributed by atoms with Gasteiger partial charge >= 0.3 is 18.4 Å². The molecule has 0 fully saturated rings. The van der Waals surface area contributed by atoms with E-state index in [0.717, 1.165) is 0 Å². The van der Waals surface area contributed by atoms with Gasteiger partial charge in [-0.1, -0.05) is 45.7 Å². The average molecular weight is 670 g/mol. The van der Waals surface area contributed by atoms with Crippen molar-refractivity contribution in [3.63, 3.8) is 0 Å². The summed E-state index contributed by atoms with van der Waals surface area (Å²) < 4.78 is 95.5. The summed E-state index contributed by atoms with van der Waals surface area (Å²) in [6.07, 6.45) is -11.7. The molecule has 2 N–H and O–H groups in total. The number of carbonyl (C=O) groups is 1. The molecule has 0 radical (unpaired) electrons. The van der Waals surface area contributed by atoms with E-state index in [2.05, 4.69) is 25.7 Å². The fourth-order valence-electron chi connectivity index (χ4n) is 3.90. The minimum absolute atomic E-state index is 0.0803. The van der Waals surface area contributed by atoms with Crippen LogP contribution in [0, 0.1) is 0 Å². The minimum Gasteiger partial charge on any atom is -0.444 e. The zero-order chi connectivity index (χ0) is 35.7. The maximum Gasteiger partial charge on any atom is 0.426 e. The molecule has 1 unspecified atom stereocenters. The maximum absolute atomic E-state index is 14.4. The molecule has 1 atom stereocenters. The number of amides is 1. The Morgan fingerprint density at radius 3 is 2.02 bits per heavy atom. The number of carbonyl (C=O) groups excluding carboxylic acids is 1. The van der Waals surface area contributed by atoms with Crippen molar-refractivity contribution in [1.82, 2.24) is 15.2 Å². The molecular formula is C30H45F6N5O5. The third-order valence-corrected chi connectivity index (χ3v) is 5.82. The van der Waals surface area contributed by atoms with E-state index in [4.69, 9.17) is 14.0 Å². The lowest BCUT2D eigenvalue weighted by atomic mass is 9.94. The molecule has 46 heavy (non-hydrogen) atoms. The number of halogens is 6. The molecule has 262 valence electrons. The van der Waals surface area contributed by atoms with Crippen molar-refractivity contribution in [3.8, 4) is 11.6 Å². The van der Waals surface area contributed by atoms with Crippen molar-refractivity contribution >= 4 is 17.5 Å². The van der Waals surface area contributed by atoms with E-state index >= 15 is 0 Å². The number of hydrogen-bond donors (Lipinski definition) is 2. The van der Waals surface area contributed by atoms with E-state index in [1.54, 1.807) is 20.8 Å². The van der Waals surface area contributed by atoms with Crippen LogP contribution in [-0.2, 0) is 21.4 Å². The molecule has 1 amide bonds. The van der Waals surface area contributed by atoms with E-state index in [9.17, 15) is 36.2 Å². The number of anilines is 1. The highest BCUT2D eigenvalue weighted by Gasteiger charge is 2.58. The van der Waals surface area contributed by atoms with E-state index in [0.29, 0.717) is 12.5 Å². The minimum atomic E-state index is -5.21. The van der Waals surface area contributed by atoms with Crippen LogP contribution in [0.1, 0.15) is 125 Å². The lowest BCUT2D eigenvalue weighted by molar-refractivity contribution is -0.277. The zero-order valence-electron chi connectivity index (χ0n) is 28.0. The number of rotatable bonds is 2. The summed E-state index contributed by atoms with van der Waals surface area (Å²) in [5.41, 5.74) is -8.92. The number of fused-ring (bicyclic) bond motifs is 5. The number of oxime groups is 1. The van der Waals surface area contributed by atoms with Gasteiger partial charge in [0, 0.05) is 0 Å². The largest absolute Gasteiger partial charge is 0.444 e. The number of nitrogens with one attached hydrogen (secondary N) is 1. The molecular weight excluding hydrogens is 624 g/mol. The first-order valence-electron chi connectivity index (χ1n) is 15.1. The smallest absolute Gasteiger partial charge is 0.426 e. The highest BCUT2D eigenvalue weighted by atomic mass is 19.4. The third-order valence-electron chi connectivity index (χ3n) is 5.82. The Labute approximate surface area is 265 Å². The molecule has 1 aliphatic heterocycles. The molecule has 0 aliphatic carbocycles. The standard InChI is InChI=1S/C26H33F6N5O5.2C2H6/c1-22(2,3)41-21(38)33-16-13-14(25(27,28)29)17-15(37-42-23(4,5)6)11-9-7-8-10-12-24(39,26(30,31)32)20-36-35-19(40-20)18(16)34-17;2*1-2/h13,39H,7-12H2,1-6H3,(H,33,38);2*1-2H3/b37-15+;;. The summed E-state index contributed by atoms with van der Waals surface area (Å²) in [6.45, 7) is 17.5. The van der Waals surface area contributed by atoms with Crippen LogP contribution >= 0.6 is 0 Å². The highest BCUT2D eigenvalue weighted by Crippen LogP contribution is 2.44.